The topological polar surface area (TPSA) is 55.1 Å². The van der Waals surface area contributed by atoms with Crippen LogP contribution in [-0.2, 0) is 0 Å². The van der Waals surface area contributed by atoms with Gasteiger partial charge in [0, 0.05) is 28.6 Å². The normalized spacial score (nSPS) is 11.7. The molecule has 0 atom stereocenters. The van der Waals surface area contributed by atoms with Crippen LogP contribution in [-0.4, -0.2) is 10.9 Å². The Morgan fingerprint density at radius 2 is 1.73 bits per heavy atom. The van der Waals surface area contributed by atoms with Crippen LogP contribution in [0, 0.1) is 18.6 Å². The number of hydrogen-bond donors (Lipinski definition) is 1. The van der Waals surface area contributed by atoms with Gasteiger partial charge >= 0.3 is 0 Å². The number of aryl methyl sites for hydroxylation is 1. The summed E-state index contributed by atoms with van der Waals surface area (Å²) in [5, 5.41) is 7.80. The summed E-state index contributed by atoms with van der Waals surface area (Å²) in [5.74, 6) is -0.383. The molecule has 0 unspecified atom stereocenters. The van der Waals surface area contributed by atoms with Gasteiger partial charge in [0.1, 0.15) is 17.2 Å². The molecule has 0 saturated carbocycles. The van der Waals surface area contributed by atoms with Gasteiger partial charge in [-0.05, 0) is 80.1 Å². The standard InChI is InChI=1S/C24H18F2N2O2/c1-14-11-19(26)8-10-21(14)27-15(2)12-23(29)17-5-9-22-20(13-17)24(30-28-22)16-3-6-18(25)7-4-16/h3-13,27H,1-2H3. The van der Waals surface area contributed by atoms with Crippen LogP contribution in [0.15, 0.2) is 77.0 Å². The van der Waals surface area contributed by atoms with E-state index in [2.05, 4.69) is 10.5 Å². The molecule has 0 aliphatic heterocycles. The van der Waals surface area contributed by atoms with E-state index in [1.807, 2.05) is 0 Å². The van der Waals surface area contributed by atoms with Crippen LogP contribution < -0.4 is 5.32 Å². The van der Waals surface area contributed by atoms with E-state index in [1.165, 1.54) is 30.3 Å². The third kappa shape index (κ3) is 3.98. The molecule has 1 aromatic heterocycles. The van der Waals surface area contributed by atoms with Crippen molar-refractivity contribution in [2.75, 3.05) is 5.32 Å². The van der Waals surface area contributed by atoms with Crippen LogP contribution in [0.1, 0.15) is 22.8 Å². The summed E-state index contributed by atoms with van der Waals surface area (Å²) >= 11 is 0. The number of carbonyl (C=O) groups excluding carboxylic acids is 1. The van der Waals surface area contributed by atoms with Crippen LogP contribution >= 0.6 is 0 Å². The van der Waals surface area contributed by atoms with Crippen LogP contribution in [0.3, 0.4) is 0 Å². The molecular formula is C24H18F2N2O2. The molecule has 30 heavy (non-hydrogen) atoms. The van der Waals surface area contributed by atoms with E-state index in [1.54, 1.807) is 50.2 Å². The van der Waals surface area contributed by atoms with Gasteiger partial charge in [-0.25, -0.2) is 8.78 Å². The Hall–Kier alpha value is -3.80. The molecule has 0 saturated heterocycles. The molecule has 0 amide bonds. The summed E-state index contributed by atoms with van der Waals surface area (Å²) in [6, 6.07) is 15.4. The summed E-state index contributed by atoms with van der Waals surface area (Å²) in [6.07, 6.45) is 1.48. The van der Waals surface area contributed by atoms with Crippen molar-refractivity contribution in [2.24, 2.45) is 0 Å². The number of aromatic nitrogens is 1. The van der Waals surface area contributed by atoms with Crippen LogP contribution in [0.5, 0.6) is 0 Å². The fourth-order valence-electron chi connectivity index (χ4n) is 3.20. The molecule has 150 valence electrons. The smallest absolute Gasteiger partial charge is 0.187 e. The highest BCUT2D eigenvalue weighted by molar-refractivity contribution is 6.08. The van der Waals surface area contributed by atoms with Gasteiger partial charge in [-0.2, -0.15) is 0 Å². The lowest BCUT2D eigenvalue weighted by molar-refractivity contribution is 0.104. The van der Waals surface area contributed by atoms with E-state index in [4.69, 9.17) is 4.52 Å². The number of carbonyl (C=O) groups is 1. The fraction of sp³-hybridized carbons (Fsp3) is 0.0833. The number of nitrogens with one attached hydrogen (secondary N) is 1. The Morgan fingerprint density at radius 1 is 1.00 bits per heavy atom. The zero-order chi connectivity index (χ0) is 21.3. The molecule has 0 fully saturated rings. The third-order valence-corrected chi connectivity index (χ3v) is 4.74. The number of halogens is 2. The molecule has 4 rings (SSSR count). The van der Waals surface area contributed by atoms with E-state index < -0.39 is 0 Å². The molecule has 1 heterocycles. The highest BCUT2D eigenvalue weighted by Gasteiger charge is 2.14. The molecule has 6 heteroatoms. The highest BCUT2D eigenvalue weighted by atomic mass is 19.1. The first-order valence-electron chi connectivity index (χ1n) is 9.32. The first-order chi connectivity index (χ1) is 14.4. The van der Waals surface area contributed by atoms with Gasteiger partial charge < -0.3 is 9.84 Å². The van der Waals surface area contributed by atoms with Gasteiger partial charge in [0.05, 0.1) is 5.39 Å². The van der Waals surface area contributed by atoms with E-state index >= 15 is 0 Å². The average molecular weight is 404 g/mol. The second-order valence-corrected chi connectivity index (χ2v) is 7.03. The Morgan fingerprint density at radius 3 is 2.47 bits per heavy atom. The van der Waals surface area contributed by atoms with Gasteiger partial charge in [0.2, 0.25) is 0 Å². The van der Waals surface area contributed by atoms with Gasteiger partial charge in [0.15, 0.2) is 11.5 Å². The Kier molecular flexibility index (Phi) is 5.14. The van der Waals surface area contributed by atoms with E-state index in [0.29, 0.717) is 33.5 Å². The van der Waals surface area contributed by atoms with Crippen LogP contribution in [0.4, 0.5) is 14.5 Å². The average Bonchev–Trinajstić information content (AvgIpc) is 3.14. The van der Waals surface area contributed by atoms with Gasteiger partial charge in [-0.3, -0.25) is 4.79 Å². The van der Waals surface area contributed by atoms with Gasteiger partial charge in [-0.1, -0.05) is 5.16 Å². The largest absolute Gasteiger partial charge is 0.359 e. The lowest BCUT2D eigenvalue weighted by Gasteiger charge is -2.09. The van der Waals surface area contributed by atoms with E-state index in [9.17, 15) is 13.6 Å². The second kappa shape index (κ2) is 7.91. The minimum absolute atomic E-state index is 0.201. The summed E-state index contributed by atoms with van der Waals surface area (Å²) < 4.78 is 31.9. The van der Waals surface area contributed by atoms with Crippen molar-refractivity contribution < 1.29 is 18.1 Å². The third-order valence-electron chi connectivity index (χ3n) is 4.74. The quantitative estimate of drug-likeness (QED) is 0.314. The molecule has 0 bridgehead atoms. The summed E-state index contributed by atoms with van der Waals surface area (Å²) in [4.78, 5) is 12.8. The summed E-state index contributed by atoms with van der Waals surface area (Å²) in [7, 11) is 0. The van der Waals surface area contributed by atoms with Crippen molar-refractivity contribution >= 4 is 22.4 Å². The molecule has 1 N–H and O–H groups in total. The summed E-state index contributed by atoms with van der Waals surface area (Å²) in [5.41, 5.74) is 3.83. The highest BCUT2D eigenvalue weighted by Crippen LogP contribution is 2.29. The van der Waals surface area contributed by atoms with Crippen molar-refractivity contribution in [3.63, 3.8) is 0 Å². The number of allylic oxidation sites excluding steroid dienone is 2. The molecule has 4 aromatic rings. The predicted octanol–water partition coefficient (Wildman–Crippen LogP) is 6.28. The number of ketones is 1. The van der Waals surface area contributed by atoms with Gasteiger partial charge in [-0.15, -0.1) is 0 Å². The van der Waals surface area contributed by atoms with Crippen LogP contribution in [0.2, 0.25) is 0 Å². The number of fused-ring (bicyclic) bond motifs is 1. The first-order valence-corrected chi connectivity index (χ1v) is 9.32. The molecule has 0 spiro atoms. The number of benzene rings is 3. The number of hydrogen-bond acceptors (Lipinski definition) is 4. The molecule has 4 nitrogen and oxygen atoms in total. The summed E-state index contributed by atoms with van der Waals surface area (Å²) in [6.45, 7) is 3.56. The maximum Gasteiger partial charge on any atom is 0.187 e. The fourth-order valence-corrected chi connectivity index (χ4v) is 3.20. The molecule has 0 aliphatic carbocycles. The number of rotatable bonds is 5. The minimum atomic E-state index is -0.344. The zero-order valence-electron chi connectivity index (χ0n) is 16.4. The van der Waals surface area contributed by atoms with Crippen molar-refractivity contribution in [3.05, 3.63) is 95.2 Å². The molecule has 3 aromatic carbocycles. The van der Waals surface area contributed by atoms with Crippen molar-refractivity contribution in [1.82, 2.24) is 5.16 Å². The Bertz CT molecular complexity index is 1270. The molecule has 0 aliphatic rings. The number of nitrogens with zero attached hydrogens (tertiary/aromatic N) is 1. The lowest BCUT2D eigenvalue weighted by atomic mass is 10.0. The second-order valence-electron chi connectivity index (χ2n) is 7.03. The SMILES string of the molecule is CC(=CC(=O)c1ccc2noc(-c3ccc(F)cc3)c2c1)Nc1ccc(F)cc1C. The minimum Gasteiger partial charge on any atom is -0.359 e. The first kappa shape index (κ1) is 19.5. The van der Waals surface area contributed by atoms with E-state index in [0.717, 1.165) is 11.3 Å². The van der Waals surface area contributed by atoms with E-state index in [-0.39, 0.29) is 17.4 Å². The monoisotopic (exact) mass is 404 g/mol. The predicted molar refractivity (Wildman–Crippen MR) is 112 cm³/mol. The maximum absolute atomic E-state index is 13.3. The lowest BCUT2D eigenvalue weighted by Crippen LogP contribution is -2.02. The Balaban J connectivity index is 1.62. The molecule has 0 radical (unpaired) electrons. The van der Waals surface area contributed by atoms with Gasteiger partial charge in [0.25, 0.3) is 0 Å². The van der Waals surface area contributed by atoms with Crippen LogP contribution in [0.25, 0.3) is 22.2 Å². The Labute approximate surface area is 171 Å². The van der Waals surface area contributed by atoms with Crippen molar-refractivity contribution in [3.8, 4) is 11.3 Å². The number of anilines is 1. The maximum atomic E-state index is 13.3. The van der Waals surface area contributed by atoms with Crippen molar-refractivity contribution in [1.29, 1.82) is 0 Å². The van der Waals surface area contributed by atoms with Crippen molar-refractivity contribution in [2.45, 2.75) is 13.8 Å². The zero-order valence-corrected chi connectivity index (χ0v) is 16.4. The molecular weight excluding hydrogens is 386 g/mol.